The summed E-state index contributed by atoms with van der Waals surface area (Å²) in [6.45, 7) is 5.12. The SMILES string of the molecule is CC(C)CNC(=S)Nc1ccc(N=CNNc2ccc(Cl)cc2)cc1.Cl. The molecule has 0 saturated carbocycles. The van der Waals surface area contributed by atoms with Gasteiger partial charge in [-0.2, -0.15) is 0 Å². The Kier molecular flexibility index (Phi) is 9.80. The van der Waals surface area contributed by atoms with Crippen LogP contribution in [0.2, 0.25) is 5.02 Å². The van der Waals surface area contributed by atoms with E-state index < -0.39 is 0 Å². The molecule has 140 valence electrons. The monoisotopic (exact) mass is 411 g/mol. The van der Waals surface area contributed by atoms with Crippen LogP contribution in [-0.4, -0.2) is 18.0 Å². The lowest BCUT2D eigenvalue weighted by Gasteiger charge is -2.12. The third-order valence-corrected chi connectivity index (χ3v) is 3.63. The fourth-order valence-corrected chi connectivity index (χ4v) is 2.19. The van der Waals surface area contributed by atoms with E-state index in [0.29, 0.717) is 16.1 Å². The van der Waals surface area contributed by atoms with Crippen LogP contribution in [-0.2, 0) is 0 Å². The van der Waals surface area contributed by atoms with Crippen molar-refractivity contribution in [3.8, 4) is 0 Å². The molecule has 0 saturated heterocycles. The third kappa shape index (κ3) is 8.38. The van der Waals surface area contributed by atoms with Gasteiger partial charge in [-0.15, -0.1) is 12.4 Å². The van der Waals surface area contributed by atoms with Gasteiger partial charge in [0.2, 0.25) is 0 Å². The lowest BCUT2D eigenvalue weighted by molar-refractivity contribution is 0.627. The fourth-order valence-electron chi connectivity index (χ4n) is 1.86. The smallest absolute Gasteiger partial charge is 0.170 e. The number of halogens is 2. The van der Waals surface area contributed by atoms with Crippen LogP contribution < -0.4 is 21.5 Å². The third-order valence-electron chi connectivity index (χ3n) is 3.13. The first kappa shape index (κ1) is 22.0. The summed E-state index contributed by atoms with van der Waals surface area (Å²) in [6, 6.07) is 15.1. The molecular formula is C18H23Cl2N5S. The molecule has 0 aliphatic rings. The van der Waals surface area contributed by atoms with Gasteiger partial charge in [-0.1, -0.05) is 25.4 Å². The predicted molar refractivity (Wildman–Crippen MR) is 119 cm³/mol. The Morgan fingerprint density at radius 2 is 1.69 bits per heavy atom. The number of anilines is 2. The first-order valence-corrected chi connectivity index (χ1v) is 8.76. The molecule has 0 unspecified atom stereocenters. The van der Waals surface area contributed by atoms with Crippen molar-refractivity contribution < 1.29 is 0 Å². The molecule has 4 N–H and O–H groups in total. The van der Waals surface area contributed by atoms with Gasteiger partial charge in [0.25, 0.3) is 0 Å². The van der Waals surface area contributed by atoms with E-state index in [1.165, 1.54) is 0 Å². The molecule has 0 atom stereocenters. The van der Waals surface area contributed by atoms with Crippen LogP contribution in [0.3, 0.4) is 0 Å². The molecule has 0 aliphatic carbocycles. The van der Waals surface area contributed by atoms with Gasteiger partial charge in [0, 0.05) is 17.3 Å². The average molecular weight is 412 g/mol. The van der Waals surface area contributed by atoms with Crippen LogP contribution in [0.1, 0.15) is 13.8 Å². The molecule has 0 aromatic heterocycles. The summed E-state index contributed by atoms with van der Waals surface area (Å²) in [6.07, 6.45) is 1.59. The summed E-state index contributed by atoms with van der Waals surface area (Å²) < 4.78 is 0. The van der Waals surface area contributed by atoms with Crippen molar-refractivity contribution in [2.24, 2.45) is 10.9 Å². The van der Waals surface area contributed by atoms with E-state index in [2.05, 4.69) is 40.3 Å². The largest absolute Gasteiger partial charge is 0.362 e. The Morgan fingerprint density at radius 1 is 1.08 bits per heavy atom. The van der Waals surface area contributed by atoms with Crippen molar-refractivity contribution in [2.45, 2.75) is 13.8 Å². The first-order chi connectivity index (χ1) is 12.0. The number of aliphatic imine (C=N–C) groups is 1. The molecule has 2 aromatic carbocycles. The molecule has 5 nitrogen and oxygen atoms in total. The zero-order chi connectivity index (χ0) is 18.1. The van der Waals surface area contributed by atoms with E-state index in [0.717, 1.165) is 23.6 Å². The highest BCUT2D eigenvalue weighted by molar-refractivity contribution is 7.80. The summed E-state index contributed by atoms with van der Waals surface area (Å²) in [5, 5.41) is 7.64. The Bertz CT molecular complexity index is 703. The Labute approximate surface area is 171 Å². The van der Waals surface area contributed by atoms with Gasteiger partial charge in [-0.25, -0.2) is 4.99 Å². The number of hydrazine groups is 1. The van der Waals surface area contributed by atoms with Gasteiger partial charge in [0.1, 0.15) is 6.34 Å². The summed E-state index contributed by atoms with van der Waals surface area (Å²) >= 11 is 11.1. The van der Waals surface area contributed by atoms with Crippen molar-refractivity contribution in [3.05, 3.63) is 53.6 Å². The second-order valence-electron chi connectivity index (χ2n) is 5.81. The maximum absolute atomic E-state index is 5.84. The molecule has 0 spiro atoms. The van der Waals surface area contributed by atoms with Crippen molar-refractivity contribution in [3.63, 3.8) is 0 Å². The molecule has 8 heteroatoms. The second kappa shape index (κ2) is 11.6. The van der Waals surface area contributed by atoms with Crippen LogP contribution in [0, 0.1) is 5.92 Å². The molecule has 0 aliphatic heterocycles. The Balaban J connectivity index is 0.00000338. The van der Waals surface area contributed by atoms with Crippen molar-refractivity contribution >= 4 is 64.7 Å². The lowest BCUT2D eigenvalue weighted by atomic mass is 10.2. The summed E-state index contributed by atoms with van der Waals surface area (Å²) in [7, 11) is 0. The zero-order valence-electron chi connectivity index (χ0n) is 14.6. The maximum atomic E-state index is 5.84. The van der Waals surface area contributed by atoms with Gasteiger partial charge < -0.3 is 16.1 Å². The molecule has 2 aromatic rings. The minimum Gasteiger partial charge on any atom is -0.362 e. The lowest BCUT2D eigenvalue weighted by Crippen LogP contribution is -2.31. The number of nitrogens with zero attached hydrogens (tertiary/aromatic N) is 1. The highest BCUT2D eigenvalue weighted by atomic mass is 35.5. The van der Waals surface area contributed by atoms with Gasteiger partial charge in [0.05, 0.1) is 11.4 Å². The first-order valence-electron chi connectivity index (χ1n) is 7.97. The Hall–Kier alpha value is -2.02. The summed E-state index contributed by atoms with van der Waals surface area (Å²) in [4.78, 5) is 4.32. The molecule has 0 fully saturated rings. The van der Waals surface area contributed by atoms with Crippen LogP contribution >= 0.6 is 36.2 Å². The van der Waals surface area contributed by atoms with Crippen LogP contribution in [0.25, 0.3) is 0 Å². The van der Waals surface area contributed by atoms with E-state index in [4.69, 9.17) is 23.8 Å². The highest BCUT2D eigenvalue weighted by Crippen LogP contribution is 2.16. The summed E-state index contributed by atoms with van der Waals surface area (Å²) in [5.74, 6) is 0.547. The van der Waals surface area contributed by atoms with Crippen molar-refractivity contribution in [1.29, 1.82) is 0 Å². The van der Waals surface area contributed by atoms with Gasteiger partial charge >= 0.3 is 0 Å². The average Bonchev–Trinajstić information content (AvgIpc) is 2.60. The quantitative estimate of drug-likeness (QED) is 0.224. The number of rotatable bonds is 7. The standard InChI is InChI=1S/C18H22ClN5S.ClH/c1-13(2)11-20-18(25)23-16-9-7-15(8-10-16)21-12-22-24-17-5-3-14(19)4-6-17;/h3-10,12-13,24H,11H2,1-2H3,(H,21,22)(H2,20,23,25);1H. The summed E-state index contributed by atoms with van der Waals surface area (Å²) in [5.41, 5.74) is 8.57. The molecule has 0 heterocycles. The molecule has 0 amide bonds. The van der Waals surface area contributed by atoms with Crippen LogP contribution in [0.4, 0.5) is 17.1 Å². The number of benzene rings is 2. The van der Waals surface area contributed by atoms with Crippen molar-refractivity contribution in [2.75, 3.05) is 17.3 Å². The predicted octanol–water partition coefficient (Wildman–Crippen LogP) is 4.98. The second-order valence-corrected chi connectivity index (χ2v) is 6.65. The number of hydrogen-bond donors (Lipinski definition) is 4. The minimum atomic E-state index is 0. The van der Waals surface area contributed by atoms with Crippen LogP contribution in [0.15, 0.2) is 53.5 Å². The van der Waals surface area contributed by atoms with E-state index in [-0.39, 0.29) is 12.4 Å². The van der Waals surface area contributed by atoms with Gasteiger partial charge in [0.15, 0.2) is 5.11 Å². The van der Waals surface area contributed by atoms with Crippen LogP contribution in [0.5, 0.6) is 0 Å². The number of thiocarbonyl (C=S) groups is 1. The number of nitrogens with one attached hydrogen (secondary N) is 4. The van der Waals surface area contributed by atoms with E-state index in [9.17, 15) is 0 Å². The maximum Gasteiger partial charge on any atom is 0.170 e. The fraction of sp³-hybridized carbons (Fsp3) is 0.222. The van der Waals surface area contributed by atoms with Crippen molar-refractivity contribution in [1.82, 2.24) is 10.7 Å². The molecular weight excluding hydrogens is 389 g/mol. The Morgan fingerprint density at radius 3 is 2.31 bits per heavy atom. The number of hydrogen-bond acceptors (Lipinski definition) is 3. The molecule has 2 rings (SSSR count). The van der Waals surface area contributed by atoms with Gasteiger partial charge in [-0.05, 0) is 66.7 Å². The molecule has 0 bridgehead atoms. The highest BCUT2D eigenvalue weighted by Gasteiger charge is 1.99. The molecule has 0 radical (unpaired) electrons. The molecule has 26 heavy (non-hydrogen) atoms. The topological polar surface area (TPSA) is 60.5 Å². The van der Waals surface area contributed by atoms with E-state index in [1.807, 2.05) is 48.5 Å². The van der Waals surface area contributed by atoms with E-state index >= 15 is 0 Å². The zero-order valence-corrected chi connectivity index (χ0v) is 17.0. The normalized spacial score (nSPS) is 10.3. The van der Waals surface area contributed by atoms with Gasteiger partial charge in [-0.3, -0.25) is 5.43 Å². The van der Waals surface area contributed by atoms with E-state index in [1.54, 1.807) is 6.34 Å². The minimum absolute atomic E-state index is 0.